The van der Waals surface area contributed by atoms with Crippen LogP contribution in [0.1, 0.15) is 11.1 Å². The second-order valence-electron chi connectivity index (χ2n) is 6.78. The van der Waals surface area contributed by atoms with E-state index in [-0.39, 0.29) is 41.5 Å². The zero-order valence-corrected chi connectivity index (χ0v) is 17.1. The van der Waals surface area contributed by atoms with Crippen molar-refractivity contribution in [2.75, 3.05) is 32.8 Å². The van der Waals surface area contributed by atoms with Crippen molar-refractivity contribution in [3.63, 3.8) is 0 Å². The minimum absolute atomic E-state index is 0.0232. The van der Waals surface area contributed by atoms with E-state index in [9.17, 15) is 22.1 Å². The van der Waals surface area contributed by atoms with Crippen molar-refractivity contribution in [3.8, 4) is 11.8 Å². The molecule has 0 unspecified atom stereocenters. The van der Waals surface area contributed by atoms with E-state index < -0.39 is 20.0 Å². The molecule has 2 aromatic carbocycles. The first-order valence-corrected chi connectivity index (χ1v) is 12.0. The molecule has 8 nitrogen and oxygen atoms in total. The van der Waals surface area contributed by atoms with Gasteiger partial charge in [0.1, 0.15) is 11.8 Å². The van der Waals surface area contributed by atoms with Gasteiger partial charge in [0.25, 0.3) is 0 Å². The molecule has 0 spiro atoms. The molecule has 2 heterocycles. The van der Waals surface area contributed by atoms with Crippen molar-refractivity contribution in [1.82, 2.24) is 8.61 Å². The van der Waals surface area contributed by atoms with E-state index in [1.54, 1.807) is 24.3 Å². The number of rotatable bonds is 4. The Kier molecular flexibility index (Phi) is 5.08. The van der Waals surface area contributed by atoms with Crippen LogP contribution in [0.15, 0.2) is 52.3 Å². The third kappa shape index (κ3) is 3.51. The second-order valence-corrected chi connectivity index (χ2v) is 10.6. The van der Waals surface area contributed by atoms with Crippen LogP contribution in [0.5, 0.6) is 5.75 Å². The molecule has 1 fully saturated rings. The Bertz CT molecular complexity index is 1190. The summed E-state index contributed by atoms with van der Waals surface area (Å²) in [6.45, 7) is 0.679. The maximum atomic E-state index is 13.0. The minimum Gasteiger partial charge on any atom is -0.493 e. The second kappa shape index (κ2) is 7.42. The van der Waals surface area contributed by atoms with Crippen molar-refractivity contribution < 1.29 is 21.6 Å². The summed E-state index contributed by atoms with van der Waals surface area (Å²) in [5, 5.41) is 9.19. The number of piperazine rings is 1. The Morgan fingerprint density at radius 1 is 0.897 bits per heavy atom. The molecule has 2 aliphatic heterocycles. The van der Waals surface area contributed by atoms with Gasteiger partial charge in [-0.25, -0.2) is 16.8 Å². The standard InChI is InChI=1S/C19H19N3O5S2/c20-14-16-3-1-2-4-19(16)29(25,26)22-10-8-21(9-11-22)28(23,24)17-5-6-18-15(13-17)7-12-27-18/h1-6,13H,7-12H2. The Hall–Kier alpha value is -2.45. The van der Waals surface area contributed by atoms with Crippen LogP contribution in [0, 0.1) is 11.3 Å². The molecular formula is C19H19N3O5S2. The average Bonchev–Trinajstić information content (AvgIpc) is 3.21. The number of ether oxygens (including phenoxy) is 1. The molecule has 4 rings (SSSR count). The predicted octanol–water partition coefficient (Wildman–Crippen LogP) is 1.19. The molecular weight excluding hydrogens is 414 g/mol. The van der Waals surface area contributed by atoms with Crippen LogP contribution in [0.2, 0.25) is 0 Å². The molecule has 2 aromatic rings. The minimum atomic E-state index is -3.87. The number of fused-ring (bicyclic) bond motifs is 1. The number of benzene rings is 2. The molecule has 2 aliphatic rings. The van der Waals surface area contributed by atoms with Gasteiger partial charge in [0.05, 0.1) is 22.0 Å². The van der Waals surface area contributed by atoms with Gasteiger partial charge in [-0.05, 0) is 35.9 Å². The van der Waals surface area contributed by atoms with E-state index in [1.165, 1.54) is 26.8 Å². The van der Waals surface area contributed by atoms with E-state index in [2.05, 4.69) is 0 Å². The predicted molar refractivity (Wildman–Crippen MR) is 104 cm³/mol. The number of hydrogen-bond donors (Lipinski definition) is 0. The van der Waals surface area contributed by atoms with Gasteiger partial charge in [-0.3, -0.25) is 0 Å². The van der Waals surface area contributed by atoms with Crippen molar-refractivity contribution >= 4 is 20.0 Å². The molecule has 152 valence electrons. The molecule has 0 aliphatic carbocycles. The first-order chi connectivity index (χ1) is 13.8. The van der Waals surface area contributed by atoms with E-state index in [4.69, 9.17) is 4.74 Å². The van der Waals surface area contributed by atoms with Crippen LogP contribution < -0.4 is 4.74 Å². The van der Waals surface area contributed by atoms with Crippen molar-refractivity contribution in [3.05, 3.63) is 53.6 Å². The number of nitriles is 1. The highest BCUT2D eigenvalue weighted by Crippen LogP contribution is 2.29. The molecule has 0 bridgehead atoms. The maximum absolute atomic E-state index is 13.0. The zero-order valence-electron chi connectivity index (χ0n) is 15.5. The highest BCUT2D eigenvalue weighted by atomic mass is 32.2. The number of nitrogens with zero attached hydrogens (tertiary/aromatic N) is 3. The summed E-state index contributed by atoms with van der Waals surface area (Å²) in [6.07, 6.45) is 0.670. The molecule has 0 amide bonds. The molecule has 0 saturated carbocycles. The fraction of sp³-hybridized carbons (Fsp3) is 0.316. The lowest BCUT2D eigenvalue weighted by Gasteiger charge is -2.33. The monoisotopic (exact) mass is 433 g/mol. The van der Waals surface area contributed by atoms with Crippen LogP contribution in [-0.2, 0) is 26.5 Å². The Labute approximate surface area is 170 Å². The van der Waals surface area contributed by atoms with E-state index >= 15 is 0 Å². The Balaban J connectivity index is 1.53. The van der Waals surface area contributed by atoms with Crippen LogP contribution in [0.25, 0.3) is 0 Å². The third-order valence-corrected chi connectivity index (χ3v) is 8.97. The normalized spacial score (nSPS) is 18.0. The summed E-state index contributed by atoms with van der Waals surface area (Å²) in [7, 11) is -7.60. The smallest absolute Gasteiger partial charge is 0.244 e. The van der Waals surface area contributed by atoms with Gasteiger partial charge in [-0.1, -0.05) is 12.1 Å². The van der Waals surface area contributed by atoms with Gasteiger partial charge < -0.3 is 4.74 Å². The van der Waals surface area contributed by atoms with Crippen LogP contribution in [0.3, 0.4) is 0 Å². The quantitative estimate of drug-likeness (QED) is 0.717. The highest BCUT2D eigenvalue weighted by molar-refractivity contribution is 7.89. The molecule has 0 aromatic heterocycles. The largest absolute Gasteiger partial charge is 0.493 e. The zero-order chi connectivity index (χ0) is 20.6. The van der Waals surface area contributed by atoms with Gasteiger partial charge in [-0.15, -0.1) is 0 Å². The Morgan fingerprint density at radius 2 is 1.55 bits per heavy atom. The lowest BCUT2D eigenvalue weighted by atomic mass is 10.2. The van der Waals surface area contributed by atoms with Gasteiger partial charge in [0.15, 0.2) is 0 Å². The summed E-state index contributed by atoms with van der Waals surface area (Å²) in [4.78, 5) is 0.130. The fourth-order valence-electron chi connectivity index (χ4n) is 3.55. The first-order valence-electron chi connectivity index (χ1n) is 9.09. The average molecular weight is 434 g/mol. The summed E-state index contributed by atoms with van der Waals surface area (Å²) < 4.78 is 59.7. The first kappa shape index (κ1) is 19.8. The lowest BCUT2D eigenvalue weighted by Crippen LogP contribution is -2.50. The maximum Gasteiger partial charge on any atom is 0.244 e. The van der Waals surface area contributed by atoms with E-state index in [0.29, 0.717) is 18.8 Å². The van der Waals surface area contributed by atoms with Crippen LogP contribution in [-0.4, -0.2) is 58.2 Å². The summed E-state index contributed by atoms with van der Waals surface area (Å²) >= 11 is 0. The highest BCUT2D eigenvalue weighted by Gasteiger charge is 2.35. The molecule has 0 radical (unpaired) electrons. The summed E-state index contributed by atoms with van der Waals surface area (Å²) in [6, 6.07) is 12.7. The van der Waals surface area contributed by atoms with Gasteiger partial charge in [0, 0.05) is 32.6 Å². The molecule has 29 heavy (non-hydrogen) atoms. The molecule has 0 atom stereocenters. The third-order valence-electron chi connectivity index (χ3n) is 5.12. The molecule has 1 saturated heterocycles. The summed E-state index contributed by atoms with van der Waals surface area (Å²) in [5.74, 6) is 0.705. The lowest BCUT2D eigenvalue weighted by molar-refractivity contribution is 0.273. The van der Waals surface area contributed by atoms with E-state index in [0.717, 1.165) is 5.56 Å². The van der Waals surface area contributed by atoms with Gasteiger partial charge >= 0.3 is 0 Å². The van der Waals surface area contributed by atoms with Gasteiger partial charge in [0.2, 0.25) is 20.0 Å². The molecule has 10 heteroatoms. The fourth-order valence-corrected chi connectivity index (χ4v) is 6.58. The topological polar surface area (TPSA) is 108 Å². The van der Waals surface area contributed by atoms with Crippen LogP contribution in [0.4, 0.5) is 0 Å². The van der Waals surface area contributed by atoms with Gasteiger partial charge in [-0.2, -0.15) is 13.9 Å². The van der Waals surface area contributed by atoms with Crippen molar-refractivity contribution in [2.45, 2.75) is 16.2 Å². The van der Waals surface area contributed by atoms with Crippen molar-refractivity contribution in [2.24, 2.45) is 0 Å². The summed E-state index contributed by atoms with van der Waals surface area (Å²) in [5.41, 5.74) is 0.934. The molecule has 0 N–H and O–H groups in total. The number of sulfonamides is 2. The van der Waals surface area contributed by atoms with Crippen LogP contribution >= 0.6 is 0 Å². The SMILES string of the molecule is N#Cc1ccccc1S(=O)(=O)N1CCN(S(=O)(=O)c2ccc3c(c2)CCO3)CC1. The number of hydrogen-bond acceptors (Lipinski definition) is 6. The Morgan fingerprint density at radius 3 is 2.24 bits per heavy atom. The van der Waals surface area contributed by atoms with E-state index in [1.807, 2.05) is 6.07 Å². The van der Waals surface area contributed by atoms with Crippen molar-refractivity contribution in [1.29, 1.82) is 5.26 Å².